The zero-order valence-corrected chi connectivity index (χ0v) is 8.28. The van der Waals surface area contributed by atoms with Gasteiger partial charge in [0.25, 0.3) is 0 Å². The van der Waals surface area contributed by atoms with E-state index >= 15 is 0 Å². The molecule has 4 heteroatoms. The van der Waals surface area contributed by atoms with Gasteiger partial charge in [0, 0.05) is 0 Å². The van der Waals surface area contributed by atoms with Gasteiger partial charge in [0.05, 0.1) is 17.7 Å². The van der Waals surface area contributed by atoms with Crippen molar-refractivity contribution in [3.63, 3.8) is 0 Å². The highest BCUT2D eigenvalue weighted by atomic mass is 35.5. The fourth-order valence-corrected chi connectivity index (χ4v) is 1.30. The Hall–Kier alpha value is -1.53. The number of rotatable bonds is 2. The van der Waals surface area contributed by atoms with E-state index in [1.807, 2.05) is 0 Å². The van der Waals surface area contributed by atoms with Crippen molar-refractivity contribution in [3.8, 4) is 0 Å². The van der Waals surface area contributed by atoms with Crippen LogP contribution in [0.3, 0.4) is 0 Å². The number of benzene rings is 1. The molecule has 0 fully saturated rings. The number of methoxy groups -OCH3 is 1. The molecule has 0 N–H and O–H groups in total. The summed E-state index contributed by atoms with van der Waals surface area (Å²) in [5, 5.41) is 0.402. The second-order valence-electron chi connectivity index (χ2n) is 2.58. The number of carbonyl (C=O) groups excluding carboxylic acids is 1. The summed E-state index contributed by atoms with van der Waals surface area (Å²) < 4.78 is 4.50. The number of hydrogen-bond donors (Lipinski definition) is 0. The van der Waals surface area contributed by atoms with Gasteiger partial charge in [-0.15, -0.1) is 0 Å². The first-order valence-electron chi connectivity index (χ1n) is 3.89. The second kappa shape index (κ2) is 4.64. The SMILES string of the molecule is [C-]#[N+]C(C(=O)OC)c1ccccc1Cl. The molecule has 0 spiro atoms. The van der Waals surface area contributed by atoms with E-state index in [1.54, 1.807) is 24.3 Å². The average Bonchev–Trinajstić information content (AvgIpc) is 2.21. The highest BCUT2D eigenvalue weighted by molar-refractivity contribution is 6.31. The molecule has 1 unspecified atom stereocenters. The minimum atomic E-state index is -0.964. The number of hydrogen-bond acceptors (Lipinski definition) is 2. The molecule has 1 aromatic rings. The number of carbonyl (C=O) groups is 1. The lowest BCUT2D eigenvalue weighted by Gasteiger charge is -2.04. The van der Waals surface area contributed by atoms with Gasteiger partial charge in [0.1, 0.15) is 0 Å². The van der Waals surface area contributed by atoms with Gasteiger partial charge in [0.15, 0.2) is 0 Å². The summed E-state index contributed by atoms with van der Waals surface area (Å²) in [7, 11) is 1.25. The Morgan fingerprint density at radius 3 is 2.71 bits per heavy atom. The Kier molecular flexibility index (Phi) is 3.49. The Bertz CT molecular complexity index is 384. The highest BCUT2D eigenvalue weighted by Gasteiger charge is 2.28. The predicted molar refractivity (Wildman–Crippen MR) is 52.8 cm³/mol. The molecule has 0 heterocycles. The smallest absolute Gasteiger partial charge is 0.395 e. The molecule has 0 bridgehead atoms. The van der Waals surface area contributed by atoms with Gasteiger partial charge < -0.3 is 4.74 Å². The normalized spacial score (nSPS) is 11.5. The fraction of sp³-hybridized carbons (Fsp3) is 0.200. The van der Waals surface area contributed by atoms with Crippen molar-refractivity contribution < 1.29 is 9.53 Å². The molecule has 0 aromatic heterocycles. The molecule has 0 aliphatic heterocycles. The summed E-state index contributed by atoms with van der Waals surface area (Å²) in [6.45, 7) is 6.89. The van der Waals surface area contributed by atoms with Crippen LogP contribution in [-0.4, -0.2) is 13.1 Å². The van der Waals surface area contributed by atoms with Crippen LogP contribution in [0, 0.1) is 6.57 Å². The number of halogens is 1. The summed E-state index contributed by atoms with van der Waals surface area (Å²) in [6.07, 6.45) is 0. The molecule has 1 aromatic carbocycles. The molecule has 1 rings (SSSR count). The van der Waals surface area contributed by atoms with Crippen molar-refractivity contribution in [3.05, 3.63) is 46.3 Å². The fourth-order valence-electron chi connectivity index (χ4n) is 1.06. The molecular weight excluding hydrogens is 202 g/mol. The number of nitrogens with zero attached hydrogens (tertiary/aromatic N) is 1. The molecule has 0 aliphatic carbocycles. The maximum atomic E-state index is 11.2. The van der Waals surface area contributed by atoms with Crippen molar-refractivity contribution in [1.82, 2.24) is 0 Å². The molecule has 0 amide bonds. The lowest BCUT2D eigenvalue weighted by molar-refractivity contribution is -0.141. The van der Waals surface area contributed by atoms with Crippen LogP contribution >= 0.6 is 11.6 Å². The Morgan fingerprint density at radius 2 is 2.21 bits per heavy atom. The Labute approximate surface area is 87.1 Å². The van der Waals surface area contributed by atoms with Gasteiger partial charge in [-0.05, 0) is 12.1 Å². The quantitative estimate of drug-likeness (QED) is 0.554. The average molecular weight is 210 g/mol. The third-order valence-electron chi connectivity index (χ3n) is 1.75. The maximum absolute atomic E-state index is 11.2. The number of esters is 1. The van der Waals surface area contributed by atoms with E-state index in [4.69, 9.17) is 18.2 Å². The van der Waals surface area contributed by atoms with Crippen LogP contribution in [0.15, 0.2) is 24.3 Å². The van der Waals surface area contributed by atoms with Crippen LogP contribution in [0.25, 0.3) is 4.85 Å². The molecule has 72 valence electrons. The van der Waals surface area contributed by atoms with E-state index in [0.717, 1.165) is 0 Å². The van der Waals surface area contributed by atoms with Crippen LogP contribution in [0.1, 0.15) is 11.6 Å². The lowest BCUT2D eigenvalue weighted by atomic mass is 10.1. The van der Waals surface area contributed by atoms with E-state index < -0.39 is 12.0 Å². The van der Waals surface area contributed by atoms with E-state index in [0.29, 0.717) is 10.6 Å². The molecule has 0 radical (unpaired) electrons. The van der Waals surface area contributed by atoms with Crippen LogP contribution in [-0.2, 0) is 9.53 Å². The van der Waals surface area contributed by atoms with Gasteiger partial charge in [-0.2, -0.15) is 0 Å². The zero-order chi connectivity index (χ0) is 10.6. The second-order valence-corrected chi connectivity index (χ2v) is 2.98. The summed E-state index contributed by atoms with van der Waals surface area (Å²) in [5.74, 6) is -0.590. The molecule has 0 saturated heterocycles. The summed E-state index contributed by atoms with van der Waals surface area (Å²) >= 11 is 5.85. The van der Waals surface area contributed by atoms with Gasteiger partial charge in [-0.25, -0.2) is 11.4 Å². The maximum Gasteiger partial charge on any atom is 0.395 e. The first kappa shape index (κ1) is 10.6. The Balaban J connectivity index is 3.09. The monoisotopic (exact) mass is 209 g/mol. The topological polar surface area (TPSA) is 30.7 Å². The van der Waals surface area contributed by atoms with E-state index in [9.17, 15) is 4.79 Å². The van der Waals surface area contributed by atoms with E-state index in [-0.39, 0.29) is 0 Å². The third kappa shape index (κ3) is 2.04. The van der Waals surface area contributed by atoms with Gasteiger partial charge in [-0.1, -0.05) is 23.7 Å². The van der Waals surface area contributed by atoms with Crippen molar-refractivity contribution in [2.75, 3.05) is 7.11 Å². The first-order chi connectivity index (χ1) is 6.70. The Morgan fingerprint density at radius 1 is 1.57 bits per heavy atom. The van der Waals surface area contributed by atoms with Crippen LogP contribution in [0.5, 0.6) is 0 Å². The zero-order valence-electron chi connectivity index (χ0n) is 7.53. The summed E-state index contributed by atoms with van der Waals surface area (Å²) in [4.78, 5) is 14.4. The largest absolute Gasteiger partial charge is 0.463 e. The van der Waals surface area contributed by atoms with Crippen molar-refractivity contribution in [2.45, 2.75) is 6.04 Å². The van der Waals surface area contributed by atoms with E-state index in [1.165, 1.54) is 7.11 Å². The molecule has 0 saturated carbocycles. The molecule has 0 aliphatic rings. The van der Waals surface area contributed by atoms with Crippen molar-refractivity contribution in [2.24, 2.45) is 0 Å². The van der Waals surface area contributed by atoms with Gasteiger partial charge >= 0.3 is 12.0 Å². The van der Waals surface area contributed by atoms with Crippen LogP contribution in [0.4, 0.5) is 0 Å². The third-order valence-corrected chi connectivity index (χ3v) is 2.10. The minimum Gasteiger partial charge on any atom is -0.463 e. The molecular formula is C10H8ClNO2. The van der Waals surface area contributed by atoms with Crippen molar-refractivity contribution in [1.29, 1.82) is 0 Å². The molecule has 14 heavy (non-hydrogen) atoms. The minimum absolute atomic E-state index is 0.402. The summed E-state index contributed by atoms with van der Waals surface area (Å²) in [6, 6.07) is 5.78. The first-order valence-corrected chi connectivity index (χ1v) is 4.27. The molecule has 3 nitrogen and oxygen atoms in total. The lowest BCUT2D eigenvalue weighted by Crippen LogP contribution is -2.10. The van der Waals surface area contributed by atoms with Crippen LogP contribution in [0.2, 0.25) is 5.02 Å². The molecule has 1 atom stereocenters. The summed E-state index contributed by atoms with van der Waals surface area (Å²) in [5.41, 5.74) is 0.482. The standard InChI is InChI=1S/C10H8ClNO2/c1-12-9(10(13)14-2)7-5-3-4-6-8(7)11/h3-6,9H,2H3. The van der Waals surface area contributed by atoms with Crippen LogP contribution < -0.4 is 0 Å². The van der Waals surface area contributed by atoms with Gasteiger partial charge in [0.2, 0.25) is 0 Å². The number of ether oxygens (including phenoxy) is 1. The highest BCUT2D eigenvalue weighted by Crippen LogP contribution is 2.26. The predicted octanol–water partition coefficient (Wildman–Crippen LogP) is 2.47. The van der Waals surface area contributed by atoms with Gasteiger partial charge in [-0.3, -0.25) is 4.85 Å². The van der Waals surface area contributed by atoms with E-state index in [2.05, 4.69) is 9.58 Å². The van der Waals surface area contributed by atoms with Crippen molar-refractivity contribution >= 4 is 17.6 Å².